The van der Waals surface area contributed by atoms with Gasteiger partial charge in [-0.1, -0.05) is 47.6 Å². The highest BCUT2D eigenvalue weighted by Gasteiger charge is 2.43. The Bertz CT molecular complexity index is 939. The van der Waals surface area contributed by atoms with E-state index in [4.69, 9.17) is 16.7 Å². The SMILES string of the molecule is CN1/C(=N\c2ccccc2)SCC1(O)c1ccc(Cl)c(S(N)(=O)=O)c1.Cl. The van der Waals surface area contributed by atoms with Crippen LogP contribution in [-0.2, 0) is 15.7 Å². The summed E-state index contributed by atoms with van der Waals surface area (Å²) in [6.45, 7) is 0. The van der Waals surface area contributed by atoms with Gasteiger partial charge in [0.05, 0.1) is 16.5 Å². The molecule has 0 amide bonds. The summed E-state index contributed by atoms with van der Waals surface area (Å²) in [5, 5.41) is 16.9. The zero-order valence-electron chi connectivity index (χ0n) is 13.7. The fraction of sp³-hybridized carbons (Fsp3) is 0.188. The molecule has 0 spiro atoms. The van der Waals surface area contributed by atoms with Crippen LogP contribution in [0.5, 0.6) is 0 Å². The molecule has 3 N–H and O–H groups in total. The summed E-state index contributed by atoms with van der Waals surface area (Å²) in [6.07, 6.45) is 0. The molecule has 3 rings (SSSR count). The van der Waals surface area contributed by atoms with Crippen LogP contribution in [0.3, 0.4) is 0 Å². The fourth-order valence-electron chi connectivity index (χ4n) is 2.48. The molecule has 1 heterocycles. The number of sulfonamides is 1. The van der Waals surface area contributed by atoms with Crippen molar-refractivity contribution in [1.82, 2.24) is 4.90 Å². The first-order valence-electron chi connectivity index (χ1n) is 7.27. The van der Waals surface area contributed by atoms with Gasteiger partial charge in [-0.15, -0.1) is 12.4 Å². The quantitative estimate of drug-likeness (QED) is 0.775. The number of hydrogen-bond acceptors (Lipinski definition) is 5. The fourth-order valence-corrected chi connectivity index (χ4v) is 4.76. The standard InChI is InChI=1S/C16H16ClN3O3S2.ClH/c1-20-15(19-12-5-3-2-4-6-12)24-10-16(20,21)11-7-8-13(17)14(9-11)25(18,22)23;/h2-9,21H,10H2,1H3,(H2,18,22,23);1H/b19-15+;. The predicted octanol–water partition coefficient (Wildman–Crippen LogP) is 2.92. The van der Waals surface area contributed by atoms with Crippen LogP contribution >= 0.6 is 35.8 Å². The maximum atomic E-state index is 11.7. The minimum Gasteiger partial charge on any atom is -0.366 e. The van der Waals surface area contributed by atoms with E-state index in [0.29, 0.717) is 16.5 Å². The molecule has 6 nitrogen and oxygen atoms in total. The van der Waals surface area contributed by atoms with E-state index in [0.717, 1.165) is 5.69 Å². The number of nitrogens with zero attached hydrogens (tertiary/aromatic N) is 2. The van der Waals surface area contributed by atoms with Gasteiger partial charge in [0.2, 0.25) is 10.0 Å². The summed E-state index contributed by atoms with van der Waals surface area (Å²) >= 11 is 7.30. The number of halogens is 2. The number of rotatable bonds is 3. The third-order valence-corrected chi connectivity index (χ3v) is 6.49. The number of hydrogen-bond donors (Lipinski definition) is 2. The van der Waals surface area contributed by atoms with Gasteiger partial charge < -0.3 is 10.0 Å². The molecular formula is C16H17Cl2N3O3S2. The largest absolute Gasteiger partial charge is 0.366 e. The van der Waals surface area contributed by atoms with Gasteiger partial charge in [-0.25, -0.2) is 18.5 Å². The van der Waals surface area contributed by atoms with E-state index in [1.165, 1.54) is 23.9 Å². The van der Waals surface area contributed by atoms with Crippen LogP contribution in [-0.4, -0.2) is 36.4 Å². The molecule has 1 aliphatic rings. The molecule has 1 atom stereocenters. The zero-order chi connectivity index (χ0) is 18.2. The topological polar surface area (TPSA) is 96.0 Å². The number of aliphatic imine (C=N–C) groups is 1. The number of para-hydroxylation sites is 1. The average molecular weight is 434 g/mol. The lowest BCUT2D eigenvalue weighted by Gasteiger charge is -2.31. The van der Waals surface area contributed by atoms with Crippen LogP contribution in [0.25, 0.3) is 0 Å². The van der Waals surface area contributed by atoms with Crippen molar-refractivity contribution >= 4 is 56.6 Å². The highest BCUT2D eigenvalue weighted by atomic mass is 35.5. The summed E-state index contributed by atoms with van der Waals surface area (Å²) in [4.78, 5) is 5.92. The summed E-state index contributed by atoms with van der Waals surface area (Å²) in [5.41, 5.74) is -0.265. The van der Waals surface area contributed by atoms with Crippen LogP contribution in [0.2, 0.25) is 5.02 Å². The van der Waals surface area contributed by atoms with Gasteiger partial charge in [0.25, 0.3) is 0 Å². The second kappa shape index (κ2) is 7.75. The molecule has 1 saturated heterocycles. The van der Waals surface area contributed by atoms with E-state index in [1.807, 2.05) is 30.3 Å². The number of benzene rings is 2. The molecule has 0 radical (unpaired) electrons. The van der Waals surface area contributed by atoms with Gasteiger partial charge >= 0.3 is 0 Å². The van der Waals surface area contributed by atoms with Gasteiger partial charge in [0.1, 0.15) is 4.90 Å². The van der Waals surface area contributed by atoms with E-state index in [1.54, 1.807) is 18.0 Å². The lowest BCUT2D eigenvalue weighted by atomic mass is 10.0. The van der Waals surface area contributed by atoms with Gasteiger partial charge in [-0.3, -0.25) is 0 Å². The molecule has 10 heteroatoms. The Morgan fingerprint density at radius 1 is 1.27 bits per heavy atom. The summed E-state index contributed by atoms with van der Waals surface area (Å²) < 4.78 is 23.4. The Labute approximate surface area is 167 Å². The number of thioether (sulfide) groups is 1. The van der Waals surface area contributed by atoms with Crippen LogP contribution in [0.15, 0.2) is 58.4 Å². The molecule has 2 aromatic rings. The van der Waals surface area contributed by atoms with Gasteiger partial charge in [-0.2, -0.15) is 0 Å². The molecule has 1 aliphatic heterocycles. The van der Waals surface area contributed by atoms with Crippen molar-refractivity contribution in [2.24, 2.45) is 10.1 Å². The highest BCUT2D eigenvalue weighted by molar-refractivity contribution is 8.14. The van der Waals surface area contributed by atoms with E-state index in [2.05, 4.69) is 4.99 Å². The smallest absolute Gasteiger partial charge is 0.239 e. The normalized spacial score (nSPS) is 21.7. The molecule has 0 aromatic heterocycles. The van der Waals surface area contributed by atoms with Crippen LogP contribution in [0.1, 0.15) is 5.56 Å². The maximum absolute atomic E-state index is 11.7. The van der Waals surface area contributed by atoms with Crippen molar-refractivity contribution in [3.63, 3.8) is 0 Å². The van der Waals surface area contributed by atoms with Crippen molar-refractivity contribution in [2.75, 3.05) is 12.8 Å². The van der Waals surface area contributed by atoms with E-state index >= 15 is 0 Å². The van der Waals surface area contributed by atoms with Crippen molar-refractivity contribution < 1.29 is 13.5 Å². The molecule has 0 saturated carbocycles. The number of primary sulfonamides is 1. The van der Waals surface area contributed by atoms with Crippen LogP contribution in [0, 0.1) is 0 Å². The second-order valence-electron chi connectivity index (χ2n) is 5.58. The number of amidine groups is 1. The zero-order valence-corrected chi connectivity index (χ0v) is 16.9. The first-order chi connectivity index (χ1) is 11.7. The maximum Gasteiger partial charge on any atom is 0.239 e. The Morgan fingerprint density at radius 2 is 1.92 bits per heavy atom. The van der Waals surface area contributed by atoms with Crippen molar-refractivity contribution in [3.8, 4) is 0 Å². The monoisotopic (exact) mass is 433 g/mol. The molecule has 140 valence electrons. The predicted molar refractivity (Wildman–Crippen MR) is 108 cm³/mol. The van der Waals surface area contributed by atoms with Crippen molar-refractivity contribution in [3.05, 3.63) is 59.1 Å². The molecule has 1 fully saturated rings. The summed E-state index contributed by atoms with van der Waals surface area (Å²) in [6, 6.07) is 13.7. The van der Waals surface area contributed by atoms with Gasteiger partial charge in [0, 0.05) is 12.6 Å². The summed E-state index contributed by atoms with van der Waals surface area (Å²) in [7, 11) is -2.29. The second-order valence-corrected chi connectivity index (χ2v) is 8.46. The van der Waals surface area contributed by atoms with Crippen LogP contribution < -0.4 is 5.14 Å². The Hall–Kier alpha value is -1.29. The molecule has 1 unspecified atom stereocenters. The molecule has 0 aliphatic carbocycles. The van der Waals surface area contributed by atoms with Crippen molar-refractivity contribution in [2.45, 2.75) is 10.6 Å². The minimum absolute atomic E-state index is 0. The minimum atomic E-state index is -3.99. The lowest BCUT2D eigenvalue weighted by Crippen LogP contribution is -2.42. The summed E-state index contributed by atoms with van der Waals surface area (Å²) in [5.74, 6) is 0.293. The Morgan fingerprint density at radius 3 is 2.54 bits per heavy atom. The van der Waals surface area contributed by atoms with E-state index < -0.39 is 15.7 Å². The third-order valence-electron chi connectivity index (χ3n) is 3.93. The lowest BCUT2D eigenvalue weighted by molar-refractivity contribution is -0.0349. The number of aliphatic hydroxyl groups is 1. The van der Waals surface area contributed by atoms with Crippen molar-refractivity contribution in [1.29, 1.82) is 0 Å². The Balaban J connectivity index is 0.00000243. The van der Waals surface area contributed by atoms with Crippen LogP contribution in [0.4, 0.5) is 5.69 Å². The highest BCUT2D eigenvalue weighted by Crippen LogP contribution is 2.40. The third kappa shape index (κ3) is 4.00. The molecule has 2 aromatic carbocycles. The first kappa shape index (κ1) is 21.0. The first-order valence-corrected chi connectivity index (χ1v) is 10.2. The molecular weight excluding hydrogens is 417 g/mol. The van der Waals surface area contributed by atoms with Gasteiger partial charge in [-0.05, 0) is 24.3 Å². The Kier molecular flexibility index (Phi) is 6.27. The average Bonchev–Trinajstić information content (AvgIpc) is 2.85. The van der Waals surface area contributed by atoms with Gasteiger partial charge in [0.15, 0.2) is 10.9 Å². The molecule has 26 heavy (non-hydrogen) atoms. The van der Waals surface area contributed by atoms with E-state index in [-0.39, 0.29) is 22.3 Å². The van der Waals surface area contributed by atoms with E-state index in [9.17, 15) is 13.5 Å². The molecule has 0 bridgehead atoms. The number of nitrogens with two attached hydrogens (primary N) is 1.